The first-order chi connectivity index (χ1) is 7.22. The van der Waals surface area contributed by atoms with Gasteiger partial charge < -0.3 is 9.84 Å². The van der Waals surface area contributed by atoms with Crippen molar-refractivity contribution in [2.75, 3.05) is 7.11 Å². The number of hydrogen-bond acceptors (Lipinski definition) is 3. The molecule has 1 aromatic carbocycles. The van der Waals surface area contributed by atoms with E-state index in [1.807, 2.05) is 30.3 Å². The van der Waals surface area contributed by atoms with E-state index in [2.05, 4.69) is 4.98 Å². The van der Waals surface area contributed by atoms with Crippen molar-refractivity contribution in [3.05, 3.63) is 35.9 Å². The molecule has 0 aliphatic rings. The average Bonchev–Trinajstić information content (AvgIpc) is 2.27. The van der Waals surface area contributed by atoms with Gasteiger partial charge in [-0.2, -0.15) is 0 Å². The maximum atomic E-state index is 9.58. The molecule has 0 amide bonds. The normalized spacial score (nSPS) is 12.7. The SMILES string of the molecule is COc1nc2ccccc2cc1[C@@H](C)O. The van der Waals surface area contributed by atoms with E-state index in [0.29, 0.717) is 5.88 Å². The Kier molecular flexibility index (Phi) is 2.56. The molecule has 0 unspecified atom stereocenters. The third-order valence-electron chi connectivity index (χ3n) is 2.36. The minimum atomic E-state index is -0.572. The van der Waals surface area contributed by atoms with Crippen LogP contribution in [0.2, 0.25) is 0 Å². The molecule has 0 saturated carbocycles. The summed E-state index contributed by atoms with van der Waals surface area (Å²) in [6.07, 6.45) is -0.572. The van der Waals surface area contributed by atoms with Crippen molar-refractivity contribution >= 4 is 10.9 Å². The second-order valence-electron chi connectivity index (χ2n) is 3.46. The molecule has 0 aliphatic heterocycles. The van der Waals surface area contributed by atoms with Gasteiger partial charge in [0, 0.05) is 10.9 Å². The Morgan fingerprint density at radius 2 is 2.07 bits per heavy atom. The Bertz CT molecular complexity index is 480. The molecule has 1 atom stereocenters. The number of ether oxygens (including phenoxy) is 1. The van der Waals surface area contributed by atoms with Gasteiger partial charge in [0.15, 0.2) is 0 Å². The number of para-hydroxylation sites is 1. The van der Waals surface area contributed by atoms with E-state index in [9.17, 15) is 5.11 Å². The summed E-state index contributed by atoms with van der Waals surface area (Å²) < 4.78 is 5.14. The standard InChI is InChI=1S/C12H13NO2/c1-8(14)10-7-9-5-3-4-6-11(9)13-12(10)15-2/h3-8,14H,1-2H3/t8-/m1/s1. The van der Waals surface area contributed by atoms with E-state index in [1.165, 1.54) is 0 Å². The van der Waals surface area contributed by atoms with Crippen LogP contribution >= 0.6 is 0 Å². The first-order valence-corrected chi connectivity index (χ1v) is 4.84. The molecule has 2 aromatic rings. The highest BCUT2D eigenvalue weighted by Crippen LogP contribution is 2.26. The first kappa shape index (κ1) is 9.93. The second kappa shape index (κ2) is 3.87. The van der Waals surface area contributed by atoms with Crippen molar-refractivity contribution in [3.8, 4) is 5.88 Å². The maximum absolute atomic E-state index is 9.58. The van der Waals surface area contributed by atoms with Crippen molar-refractivity contribution in [3.63, 3.8) is 0 Å². The number of pyridine rings is 1. The van der Waals surface area contributed by atoms with E-state index in [-0.39, 0.29) is 0 Å². The summed E-state index contributed by atoms with van der Waals surface area (Å²) in [5, 5.41) is 10.6. The number of rotatable bonds is 2. The Labute approximate surface area is 88.3 Å². The van der Waals surface area contributed by atoms with Crippen LogP contribution in [0.5, 0.6) is 5.88 Å². The van der Waals surface area contributed by atoms with Gasteiger partial charge in [-0.05, 0) is 19.1 Å². The lowest BCUT2D eigenvalue weighted by molar-refractivity contribution is 0.193. The zero-order valence-electron chi connectivity index (χ0n) is 8.77. The van der Waals surface area contributed by atoms with Crippen LogP contribution in [0.25, 0.3) is 10.9 Å². The lowest BCUT2D eigenvalue weighted by Gasteiger charge is -2.11. The Hall–Kier alpha value is -1.61. The lowest BCUT2D eigenvalue weighted by Crippen LogP contribution is -1.99. The zero-order valence-corrected chi connectivity index (χ0v) is 8.77. The molecule has 0 aliphatic carbocycles. The van der Waals surface area contributed by atoms with Gasteiger partial charge >= 0.3 is 0 Å². The number of nitrogens with zero attached hydrogens (tertiary/aromatic N) is 1. The highest BCUT2D eigenvalue weighted by molar-refractivity contribution is 5.80. The highest BCUT2D eigenvalue weighted by Gasteiger charge is 2.11. The zero-order chi connectivity index (χ0) is 10.8. The molecule has 15 heavy (non-hydrogen) atoms. The summed E-state index contributed by atoms with van der Waals surface area (Å²) in [6, 6.07) is 9.67. The Morgan fingerprint density at radius 1 is 1.33 bits per heavy atom. The van der Waals surface area contributed by atoms with Crippen LogP contribution in [0.3, 0.4) is 0 Å². The number of aliphatic hydroxyl groups excluding tert-OH is 1. The molecule has 3 nitrogen and oxygen atoms in total. The molecule has 78 valence electrons. The van der Waals surface area contributed by atoms with Crippen molar-refractivity contribution in [2.24, 2.45) is 0 Å². The third kappa shape index (κ3) is 1.78. The van der Waals surface area contributed by atoms with Gasteiger partial charge in [0.25, 0.3) is 0 Å². The summed E-state index contributed by atoms with van der Waals surface area (Å²) in [7, 11) is 1.56. The van der Waals surface area contributed by atoms with E-state index < -0.39 is 6.10 Å². The molecule has 0 radical (unpaired) electrons. The molecule has 2 rings (SSSR count). The van der Waals surface area contributed by atoms with Gasteiger partial charge in [-0.25, -0.2) is 4.98 Å². The Balaban J connectivity index is 2.69. The van der Waals surface area contributed by atoms with Crippen LogP contribution in [-0.2, 0) is 0 Å². The van der Waals surface area contributed by atoms with Crippen LogP contribution in [0, 0.1) is 0 Å². The Morgan fingerprint density at radius 3 is 2.73 bits per heavy atom. The number of aliphatic hydroxyl groups is 1. The quantitative estimate of drug-likeness (QED) is 0.814. The van der Waals surface area contributed by atoms with Crippen LogP contribution < -0.4 is 4.74 Å². The smallest absolute Gasteiger partial charge is 0.219 e. The largest absolute Gasteiger partial charge is 0.481 e. The predicted molar refractivity (Wildman–Crippen MR) is 58.9 cm³/mol. The molecule has 0 fully saturated rings. The number of hydrogen-bond donors (Lipinski definition) is 1. The minimum absolute atomic E-state index is 0.490. The van der Waals surface area contributed by atoms with Gasteiger partial charge in [-0.1, -0.05) is 18.2 Å². The monoisotopic (exact) mass is 203 g/mol. The molecule has 0 spiro atoms. The summed E-state index contributed by atoms with van der Waals surface area (Å²) in [5.41, 5.74) is 1.59. The molecule has 0 saturated heterocycles. The van der Waals surface area contributed by atoms with Gasteiger partial charge in [0.1, 0.15) is 0 Å². The molecule has 1 aromatic heterocycles. The fraction of sp³-hybridized carbons (Fsp3) is 0.250. The van der Waals surface area contributed by atoms with Gasteiger partial charge in [0.05, 0.1) is 18.7 Å². The van der Waals surface area contributed by atoms with E-state index >= 15 is 0 Å². The summed E-state index contributed by atoms with van der Waals surface area (Å²) in [6.45, 7) is 1.70. The van der Waals surface area contributed by atoms with Crippen molar-refractivity contribution in [2.45, 2.75) is 13.0 Å². The van der Waals surface area contributed by atoms with Crippen LogP contribution in [0.15, 0.2) is 30.3 Å². The van der Waals surface area contributed by atoms with E-state index in [1.54, 1.807) is 14.0 Å². The molecular formula is C12H13NO2. The van der Waals surface area contributed by atoms with Gasteiger partial charge in [-0.15, -0.1) is 0 Å². The summed E-state index contributed by atoms with van der Waals surface area (Å²) in [4.78, 5) is 4.33. The highest BCUT2D eigenvalue weighted by atomic mass is 16.5. The molecule has 1 N–H and O–H groups in total. The topological polar surface area (TPSA) is 42.4 Å². The first-order valence-electron chi connectivity index (χ1n) is 4.84. The fourth-order valence-electron chi connectivity index (χ4n) is 1.58. The van der Waals surface area contributed by atoms with Crippen LogP contribution in [0.1, 0.15) is 18.6 Å². The van der Waals surface area contributed by atoms with Gasteiger partial charge in [-0.3, -0.25) is 0 Å². The second-order valence-corrected chi connectivity index (χ2v) is 3.46. The number of benzene rings is 1. The number of aromatic nitrogens is 1. The number of methoxy groups -OCH3 is 1. The van der Waals surface area contributed by atoms with Crippen LogP contribution in [-0.4, -0.2) is 17.2 Å². The predicted octanol–water partition coefficient (Wildman–Crippen LogP) is 2.30. The van der Waals surface area contributed by atoms with E-state index in [4.69, 9.17) is 4.74 Å². The van der Waals surface area contributed by atoms with Crippen LogP contribution in [0.4, 0.5) is 0 Å². The van der Waals surface area contributed by atoms with Crippen molar-refractivity contribution in [1.82, 2.24) is 4.98 Å². The summed E-state index contributed by atoms with van der Waals surface area (Å²) in [5.74, 6) is 0.490. The summed E-state index contributed by atoms with van der Waals surface area (Å²) >= 11 is 0. The van der Waals surface area contributed by atoms with Gasteiger partial charge in [0.2, 0.25) is 5.88 Å². The van der Waals surface area contributed by atoms with Crippen molar-refractivity contribution < 1.29 is 9.84 Å². The fourth-order valence-corrected chi connectivity index (χ4v) is 1.58. The maximum Gasteiger partial charge on any atom is 0.219 e. The molecule has 3 heteroatoms. The molecule has 1 heterocycles. The average molecular weight is 203 g/mol. The third-order valence-corrected chi connectivity index (χ3v) is 2.36. The van der Waals surface area contributed by atoms with E-state index in [0.717, 1.165) is 16.5 Å². The number of fused-ring (bicyclic) bond motifs is 1. The molecular weight excluding hydrogens is 190 g/mol. The lowest BCUT2D eigenvalue weighted by atomic mass is 10.1. The minimum Gasteiger partial charge on any atom is -0.481 e. The van der Waals surface area contributed by atoms with Crippen molar-refractivity contribution in [1.29, 1.82) is 0 Å². The molecule has 0 bridgehead atoms.